The Kier molecular flexibility index (Phi) is 9.60. The Balaban J connectivity index is 2.44. The summed E-state index contributed by atoms with van der Waals surface area (Å²) < 4.78 is 10.4. The summed E-state index contributed by atoms with van der Waals surface area (Å²) in [7, 11) is 0. The Labute approximate surface area is 151 Å². The van der Waals surface area contributed by atoms with Crippen molar-refractivity contribution < 1.29 is 19.1 Å². The molecule has 0 bridgehead atoms. The van der Waals surface area contributed by atoms with E-state index < -0.39 is 11.9 Å². The topological polar surface area (TPSA) is 52.6 Å². The zero-order valence-corrected chi connectivity index (χ0v) is 15.8. The van der Waals surface area contributed by atoms with Crippen LogP contribution in [0.4, 0.5) is 0 Å². The number of hydrogen-bond donors (Lipinski definition) is 0. The molecule has 0 N–H and O–H groups in total. The van der Waals surface area contributed by atoms with Gasteiger partial charge in [-0.15, -0.1) is 0 Å². The second kappa shape index (κ2) is 11.5. The summed E-state index contributed by atoms with van der Waals surface area (Å²) in [5.74, 6) is -0.315. The Morgan fingerprint density at radius 1 is 1.04 bits per heavy atom. The van der Waals surface area contributed by atoms with Gasteiger partial charge in [-0.25, -0.2) is 9.59 Å². The molecule has 0 aromatic heterocycles. The van der Waals surface area contributed by atoms with Crippen molar-refractivity contribution in [1.29, 1.82) is 0 Å². The van der Waals surface area contributed by atoms with Crippen molar-refractivity contribution in [2.24, 2.45) is 5.92 Å². The van der Waals surface area contributed by atoms with Crippen molar-refractivity contribution in [2.75, 3.05) is 13.2 Å². The molecule has 0 fully saturated rings. The zero-order chi connectivity index (χ0) is 18.7. The van der Waals surface area contributed by atoms with Crippen LogP contribution < -0.4 is 0 Å². The first-order chi connectivity index (χ1) is 11.9. The van der Waals surface area contributed by atoms with E-state index in [9.17, 15) is 9.59 Å². The maximum Gasteiger partial charge on any atom is 0.338 e. The van der Waals surface area contributed by atoms with Crippen LogP contribution in [0, 0.1) is 5.92 Å². The van der Waals surface area contributed by atoms with Gasteiger partial charge in [0.2, 0.25) is 0 Å². The molecule has 1 rings (SSSR count). The fourth-order valence-corrected chi connectivity index (χ4v) is 2.29. The summed E-state index contributed by atoms with van der Waals surface area (Å²) in [6, 6.07) is 6.48. The average Bonchev–Trinajstić information content (AvgIpc) is 2.59. The van der Waals surface area contributed by atoms with E-state index in [4.69, 9.17) is 9.47 Å². The van der Waals surface area contributed by atoms with Gasteiger partial charge in [0.05, 0.1) is 24.3 Å². The second-order valence-electron chi connectivity index (χ2n) is 6.61. The average molecular weight is 346 g/mol. The maximum atomic E-state index is 12.1. The molecule has 25 heavy (non-hydrogen) atoms. The van der Waals surface area contributed by atoms with E-state index in [2.05, 4.69) is 26.8 Å². The summed E-state index contributed by atoms with van der Waals surface area (Å²) in [4.78, 5) is 24.0. The minimum Gasteiger partial charge on any atom is -0.462 e. The summed E-state index contributed by atoms with van der Waals surface area (Å²) in [6.45, 7) is 9.05. The van der Waals surface area contributed by atoms with Gasteiger partial charge >= 0.3 is 11.9 Å². The third-order valence-corrected chi connectivity index (χ3v) is 3.83. The van der Waals surface area contributed by atoms with Gasteiger partial charge in [-0.2, -0.15) is 0 Å². The van der Waals surface area contributed by atoms with Gasteiger partial charge in [0, 0.05) is 0 Å². The molecule has 0 aliphatic carbocycles. The van der Waals surface area contributed by atoms with Crippen molar-refractivity contribution in [2.45, 2.75) is 53.4 Å². The number of carbonyl (C=O) groups is 2. The molecule has 0 aliphatic heterocycles. The number of carbonyl (C=O) groups excluding carboxylic acids is 2. The van der Waals surface area contributed by atoms with Crippen LogP contribution in [0.5, 0.6) is 0 Å². The molecule has 4 heteroatoms. The molecule has 0 spiro atoms. The van der Waals surface area contributed by atoms with Crippen LogP contribution in [0.25, 0.3) is 0 Å². The number of esters is 2. The van der Waals surface area contributed by atoms with Crippen LogP contribution in [0.1, 0.15) is 74.1 Å². The molecule has 1 unspecified atom stereocenters. The van der Waals surface area contributed by atoms with Gasteiger partial charge in [-0.1, -0.05) is 31.6 Å². The molecule has 1 atom stereocenters. The van der Waals surface area contributed by atoms with Crippen molar-refractivity contribution in [3.63, 3.8) is 0 Å². The highest BCUT2D eigenvalue weighted by Gasteiger charge is 2.13. The van der Waals surface area contributed by atoms with Crippen molar-refractivity contribution >= 4 is 11.9 Å². The first-order valence-corrected chi connectivity index (χ1v) is 9.01. The van der Waals surface area contributed by atoms with E-state index in [0.29, 0.717) is 30.3 Å². The first kappa shape index (κ1) is 20.9. The largest absolute Gasteiger partial charge is 0.462 e. The normalized spacial score (nSPS) is 11.5. The molecule has 0 saturated heterocycles. The van der Waals surface area contributed by atoms with Crippen LogP contribution in [0.2, 0.25) is 0 Å². The Hall–Kier alpha value is -2.10. The quantitative estimate of drug-likeness (QED) is 0.432. The van der Waals surface area contributed by atoms with E-state index >= 15 is 0 Å². The van der Waals surface area contributed by atoms with E-state index in [1.807, 2.05) is 6.92 Å². The minimum atomic E-state index is -0.413. The highest BCUT2D eigenvalue weighted by molar-refractivity contribution is 5.95. The van der Waals surface area contributed by atoms with Gasteiger partial charge in [0.25, 0.3) is 0 Å². The summed E-state index contributed by atoms with van der Waals surface area (Å²) in [5, 5.41) is 0. The molecule has 1 aromatic carbocycles. The number of allylic oxidation sites excluding steroid dienone is 2. The monoisotopic (exact) mass is 346 g/mol. The van der Waals surface area contributed by atoms with Gasteiger partial charge in [0.1, 0.15) is 0 Å². The highest BCUT2D eigenvalue weighted by atomic mass is 16.5. The van der Waals surface area contributed by atoms with Crippen LogP contribution in [0.15, 0.2) is 35.9 Å². The maximum absolute atomic E-state index is 12.1. The molecular weight excluding hydrogens is 316 g/mol. The predicted molar refractivity (Wildman–Crippen MR) is 99.7 cm³/mol. The molecule has 0 saturated carbocycles. The number of ether oxygens (including phenoxy) is 2. The Morgan fingerprint density at radius 2 is 1.64 bits per heavy atom. The molecule has 0 aliphatic rings. The van der Waals surface area contributed by atoms with Gasteiger partial charge in [-0.3, -0.25) is 0 Å². The third-order valence-electron chi connectivity index (χ3n) is 3.83. The van der Waals surface area contributed by atoms with E-state index in [1.165, 1.54) is 11.6 Å². The van der Waals surface area contributed by atoms with Crippen LogP contribution in [0.3, 0.4) is 0 Å². The Morgan fingerprint density at radius 3 is 2.20 bits per heavy atom. The lowest BCUT2D eigenvalue weighted by molar-refractivity contribution is 0.0484. The molecule has 1 aromatic rings. The smallest absolute Gasteiger partial charge is 0.338 e. The number of hydrogen-bond acceptors (Lipinski definition) is 4. The minimum absolute atomic E-state index is 0.373. The van der Waals surface area contributed by atoms with E-state index in [-0.39, 0.29) is 0 Å². The van der Waals surface area contributed by atoms with Gasteiger partial charge in [-0.05, 0) is 63.6 Å². The summed E-state index contributed by atoms with van der Waals surface area (Å²) in [5.41, 5.74) is 2.08. The van der Waals surface area contributed by atoms with E-state index in [0.717, 1.165) is 25.7 Å². The van der Waals surface area contributed by atoms with Gasteiger partial charge < -0.3 is 9.47 Å². The zero-order valence-electron chi connectivity index (χ0n) is 15.8. The molecule has 4 nitrogen and oxygen atoms in total. The third kappa shape index (κ3) is 8.52. The molecular formula is C21H30O4. The van der Waals surface area contributed by atoms with Crippen molar-refractivity contribution in [3.05, 3.63) is 47.0 Å². The first-order valence-electron chi connectivity index (χ1n) is 9.01. The fourth-order valence-electron chi connectivity index (χ4n) is 2.29. The lowest BCUT2D eigenvalue weighted by Crippen LogP contribution is -2.11. The number of benzene rings is 1. The predicted octanol–water partition coefficient (Wildman–Crippen LogP) is 5.18. The lowest BCUT2D eigenvalue weighted by atomic mass is 10.0. The highest BCUT2D eigenvalue weighted by Crippen LogP contribution is 2.13. The fraction of sp³-hybridized carbons (Fsp3) is 0.524. The lowest BCUT2D eigenvalue weighted by Gasteiger charge is -2.11. The van der Waals surface area contributed by atoms with Crippen LogP contribution in [-0.2, 0) is 9.47 Å². The van der Waals surface area contributed by atoms with Crippen molar-refractivity contribution in [1.82, 2.24) is 0 Å². The second-order valence-corrected chi connectivity index (χ2v) is 6.61. The standard InChI is InChI=1S/C21H30O4/c1-5-13-24-20(22)18-10-7-11-19(15-18)21(23)25-14-12-17(4)9-6-8-16(2)3/h7-8,10-11,15,17H,5-6,9,12-14H2,1-4H3. The van der Waals surface area contributed by atoms with E-state index in [1.54, 1.807) is 18.2 Å². The Bertz CT molecular complexity index is 585. The summed E-state index contributed by atoms with van der Waals surface area (Å²) >= 11 is 0. The molecule has 0 amide bonds. The van der Waals surface area contributed by atoms with Crippen LogP contribution >= 0.6 is 0 Å². The molecule has 0 heterocycles. The molecule has 138 valence electrons. The SMILES string of the molecule is CCCOC(=O)c1cccc(C(=O)OCCC(C)CCC=C(C)C)c1. The number of rotatable bonds is 10. The molecule has 0 radical (unpaired) electrons. The summed E-state index contributed by atoms with van der Waals surface area (Å²) in [6.07, 6.45) is 5.96. The van der Waals surface area contributed by atoms with Gasteiger partial charge in [0.15, 0.2) is 0 Å². The van der Waals surface area contributed by atoms with Crippen molar-refractivity contribution in [3.8, 4) is 0 Å². The van der Waals surface area contributed by atoms with Crippen LogP contribution in [-0.4, -0.2) is 25.2 Å².